The molecule has 126 valence electrons. The van der Waals surface area contributed by atoms with E-state index in [0.717, 1.165) is 0 Å². The first kappa shape index (κ1) is 19.3. The maximum Gasteiger partial charge on any atom is 0.306 e. The van der Waals surface area contributed by atoms with E-state index in [-0.39, 0.29) is 29.7 Å². The van der Waals surface area contributed by atoms with Crippen LogP contribution in [0.3, 0.4) is 0 Å². The van der Waals surface area contributed by atoms with Crippen LogP contribution in [0.5, 0.6) is 5.75 Å². The minimum Gasteiger partial charge on any atom is -0.489 e. The van der Waals surface area contributed by atoms with Crippen LogP contribution in [0.1, 0.15) is 24.8 Å². The van der Waals surface area contributed by atoms with E-state index >= 15 is 0 Å². The molecule has 0 fully saturated rings. The van der Waals surface area contributed by atoms with E-state index in [9.17, 15) is 14.9 Å². The van der Waals surface area contributed by atoms with Crippen molar-refractivity contribution >= 4 is 29.2 Å². The van der Waals surface area contributed by atoms with Gasteiger partial charge in [-0.2, -0.15) is 0 Å². The fourth-order valence-electron chi connectivity index (χ4n) is 2.06. The zero-order valence-corrected chi connectivity index (χ0v) is 14.1. The standard InChI is InChI=1S/C15H17Cl2NO5/c1-3-7-23-12-6-5-11(16)15(17)14(12)10(9-18(20)21)8-13(19)22-4-2/h3,5-6,10H,1,4,7-9H2,2H3. The van der Waals surface area contributed by atoms with Gasteiger partial charge in [0.25, 0.3) is 0 Å². The highest BCUT2D eigenvalue weighted by molar-refractivity contribution is 6.42. The van der Waals surface area contributed by atoms with Crippen molar-refractivity contribution in [3.8, 4) is 5.75 Å². The molecule has 0 heterocycles. The quantitative estimate of drug-likeness (QED) is 0.288. The van der Waals surface area contributed by atoms with Gasteiger partial charge in [0.15, 0.2) is 0 Å². The lowest BCUT2D eigenvalue weighted by atomic mass is 9.94. The highest BCUT2D eigenvalue weighted by Gasteiger charge is 2.28. The zero-order chi connectivity index (χ0) is 17.4. The number of benzene rings is 1. The molecule has 0 aliphatic heterocycles. The van der Waals surface area contributed by atoms with Gasteiger partial charge < -0.3 is 9.47 Å². The van der Waals surface area contributed by atoms with E-state index in [0.29, 0.717) is 11.3 Å². The average molecular weight is 362 g/mol. The summed E-state index contributed by atoms with van der Waals surface area (Å²) in [6.45, 7) is 5.08. The minimum absolute atomic E-state index is 0.129. The van der Waals surface area contributed by atoms with Crippen molar-refractivity contribution in [1.82, 2.24) is 0 Å². The second kappa shape index (κ2) is 9.37. The van der Waals surface area contributed by atoms with Gasteiger partial charge in [0.2, 0.25) is 6.54 Å². The Morgan fingerprint density at radius 1 is 1.48 bits per heavy atom. The normalized spacial score (nSPS) is 11.6. The summed E-state index contributed by atoms with van der Waals surface area (Å²) < 4.78 is 10.4. The van der Waals surface area contributed by atoms with Crippen LogP contribution in [0.4, 0.5) is 0 Å². The first-order valence-electron chi connectivity index (χ1n) is 6.89. The van der Waals surface area contributed by atoms with Crippen molar-refractivity contribution in [2.45, 2.75) is 19.3 Å². The summed E-state index contributed by atoms with van der Waals surface area (Å²) in [4.78, 5) is 22.2. The van der Waals surface area contributed by atoms with Crippen molar-refractivity contribution in [2.24, 2.45) is 0 Å². The van der Waals surface area contributed by atoms with Gasteiger partial charge >= 0.3 is 5.97 Å². The third kappa shape index (κ3) is 5.73. The molecule has 1 aromatic carbocycles. The van der Waals surface area contributed by atoms with Crippen LogP contribution in [0.2, 0.25) is 10.0 Å². The van der Waals surface area contributed by atoms with Gasteiger partial charge in [0.1, 0.15) is 12.4 Å². The van der Waals surface area contributed by atoms with E-state index in [1.165, 1.54) is 12.1 Å². The van der Waals surface area contributed by atoms with E-state index < -0.39 is 23.4 Å². The van der Waals surface area contributed by atoms with Gasteiger partial charge in [-0.1, -0.05) is 35.9 Å². The highest BCUT2D eigenvalue weighted by atomic mass is 35.5. The SMILES string of the molecule is C=CCOc1ccc(Cl)c(Cl)c1C(CC(=O)OCC)C[N+](=O)[O-]. The lowest BCUT2D eigenvalue weighted by Gasteiger charge is -2.19. The van der Waals surface area contributed by atoms with Crippen molar-refractivity contribution in [3.63, 3.8) is 0 Å². The molecule has 0 saturated heterocycles. The summed E-state index contributed by atoms with van der Waals surface area (Å²) in [6.07, 6.45) is 1.33. The fraction of sp³-hybridized carbons (Fsp3) is 0.400. The number of halogens is 2. The van der Waals surface area contributed by atoms with Crippen molar-refractivity contribution < 1.29 is 19.2 Å². The van der Waals surface area contributed by atoms with Gasteiger partial charge in [0.05, 0.1) is 29.0 Å². The molecule has 1 rings (SSSR count). The Hall–Kier alpha value is -1.79. The number of ether oxygens (including phenoxy) is 2. The number of nitrogens with zero attached hydrogens (tertiary/aromatic N) is 1. The molecule has 0 aliphatic rings. The molecule has 0 amide bonds. The number of carbonyl (C=O) groups is 1. The Labute approximate surface area is 144 Å². The minimum atomic E-state index is -0.810. The molecule has 0 aromatic heterocycles. The topological polar surface area (TPSA) is 78.7 Å². The lowest BCUT2D eigenvalue weighted by molar-refractivity contribution is -0.483. The molecule has 0 bridgehead atoms. The highest BCUT2D eigenvalue weighted by Crippen LogP contribution is 2.39. The lowest BCUT2D eigenvalue weighted by Crippen LogP contribution is -2.19. The largest absolute Gasteiger partial charge is 0.489 e. The first-order chi connectivity index (χ1) is 10.9. The average Bonchev–Trinajstić information content (AvgIpc) is 2.47. The zero-order valence-electron chi connectivity index (χ0n) is 12.6. The van der Waals surface area contributed by atoms with Gasteiger partial charge in [-0.25, -0.2) is 0 Å². The van der Waals surface area contributed by atoms with Crippen LogP contribution in [0, 0.1) is 10.1 Å². The van der Waals surface area contributed by atoms with Crippen LogP contribution in [-0.4, -0.2) is 30.7 Å². The fourth-order valence-corrected chi connectivity index (χ4v) is 2.54. The van der Waals surface area contributed by atoms with Crippen LogP contribution in [-0.2, 0) is 9.53 Å². The van der Waals surface area contributed by atoms with Gasteiger partial charge in [0, 0.05) is 10.5 Å². The molecule has 6 nitrogen and oxygen atoms in total. The first-order valence-corrected chi connectivity index (χ1v) is 7.65. The number of nitro groups is 1. The van der Waals surface area contributed by atoms with Crippen molar-refractivity contribution in [3.05, 3.63) is 50.5 Å². The molecule has 0 aliphatic carbocycles. The van der Waals surface area contributed by atoms with Crippen LogP contribution >= 0.6 is 23.2 Å². The summed E-state index contributed by atoms with van der Waals surface area (Å²) >= 11 is 12.2. The molecule has 1 aromatic rings. The van der Waals surface area contributed by atoms with Gasteiger partial charge in [-0.05, 0) is 19.1 Å². The third-order valence-corrected chi connectivity index (χ3v) is 3.76. The summed E-state index contributed by atoms with van der Waals surface area (Å²) in [7, 11) is 0. The van der Waals surface area contributed by atoms with E-state index in [2.05, 4.69) is 6.58 Å². The predicted molar refractivity (Wildman–Crippen MR) is 88.0 cm³/mol. The van der Waals surface area contributed by atoms with Gasteiger partial charge in [-0.15, -0.1) is 0 Å². The number of carbonyl (C=O) groups excluding carboxylic acids is 1. The number of rotatable bonds is 9. The second-order valence-electron chi connectivity index (χ2n) is 4.59. The Bertz CT molecular complexity index is 591. The Morgan fingerprint density at radius 2 is 2.17 bits per heavy atom. The molecule has 23 heavy (non-hydrogen) atoms. The molecular formula is C15H17Cl2NO5. The molecule has 1 unspecified atom stereocenters. The maximum absolute atomic E-state index is 11.8. The molecule has 0 spiro atoms. The maximum atomic E-state index is 11.8. The predicted octanol–water partition coefficient (Wildman–Crippen LogP) is 3.87. The third-order valence-electron chi connectivity index (χ3n) is 2.95. The Kier molecular flexibility index (Phi) is 7.85. The summed E-state index contributed by atoms with van der Waals surface area (Å²) in [6, 6.07) is 3.09. The van der Waals surface area contributed by atoms with Crippen LogP contribution in [0.25, 0.3) is 0 Å². The molecule has 1 atom stereocenters. The van der Waals surface area contributed by atoms with Crippen molar-refractivity contribution in [2.75, 3.05) is 19.8 Å². The van der Waals surface area contributed by atoms with E-state index in [1.807, 2.05) is 0 Å². The molecule has 0 saturated carbocycles. The number of hydrogen-bond acceptors (Lipinski definition) is 5. The summed E-state index contributed by atoms with van der Waals surface area (Å²) in [5, 5.41) is 11.3. The second-order valence-corrected chi connectivity index (χ2v) is 5.38. The number of hydrogen-bond donors (Lipinski definition) is 0. The number of esters is 1. The van der Waals surface area contributed by atoms with Gasteiger partial charge in [-0.3, -0.25) is 14.9 Å². The van der Waals surface area contributed by atoms with Crippen molar-refractivity contribution in [1.29, 1.82) is 0 Å². The summed E-state index contributed by atoms with van der Waals surface area (Å²) in [5.74, 6) is -1.03. The molecule has 0 radical (unpaired) electrons. The van der Waals surface area contributed by atoms with E-state index in [1.54, 1.807) is 13.0 Å². The Balaban J connectivity index is 3.25. The smallest absolute Gasteiger partial charge is 0.306 e. The van der Waals surface area contributed by atoms with Crippen LogP contribution in [0.15, 0.2) is 24.8 Å². The molecular weight excluding hydrogens is 345 g/mol. The Morgan fingerprint density at radius 3 is 2.74 bits per heavy atom. The monoisotopic (exact) mass is 361 g/mol. The molecule has 8 heteroatoms. The van der Waals surface area contributed by atoms with E-state index in [4.69, 9.17) is 32.7 Å². The molecule has 0 N–H and O–H groups in total. The summed E-state index contributed by atoms with van der Waals surface area (Å²) in [5.41, 5.74) is 0.325. The van der Waals surface area contributed by atoms with Crippen LogP contribution < -0.4 is 4.74 Å².